The summed E-state index contributed by atoms with van der Waals surface area (Å²) in [7, 11) is 0. The van der Waals surface area contributed by atoms with Crippen LogP contribution in [0.25, 0.3) is 11.3 Å². The first-order chi connectivity index (χ1) is 12.7. The van der Waals surface area contributed by atoms with E-state index in [4.69, 9.17) is 9.26 Å². The molecule has 1 amide bonds. The maximum absolute atomic E-state index is 13.0. The fourth-order valence-corrected chi connectivity index (χ4v) is 2.34. The zero-order valence-corrected chi connectivity index (χ0v) is 14.4. The molecule has 0 saturated heterocycles. The average Bonchev–Trinajstić information content (AvgIpc) is 3.11. The molecule has 0 aliphatic rings. The van der Waals surface area contributed by atoms with E-state index in [2.05, 4.69) is 17.4 Å². The van der Waals surface area contributed by atoms with E-state index in [0.717, 1.165) is 12.8 Å². The number of carbonyl (C=O) groups excluding carboxylic acids is 1. The summed E-state index contributed by atoms with van der Waals surface area (Å²) >= 11 is 0. The van der Waals surface area contributed by atoms with E-state index in [1.165, 1.54) is 12.1 Å². The van der Waals surface area contributed by atoms with Crippen LogP contribution in [0.2, 0.25) is 0 Å². The van der Waals surface area contributed by atoms with Crippen molar-refractivity contribution in [3.63, 3.8) is 0 Å². The number of halogens is 1. The molecule has 6 heteroatoms. The largest absolute Gasteiger partial charge is 0.494 e. The molecule has 0 aliphatic heterocycles. The Morgan fingerprint density at radius 3 is 2.77 bits per heavy atom. The van der Waals surface area contributed by atoms with Crippen LogP contribution in [0.4, 0.5) is 10.3 Å². The number of rotatable bonds is 7. The molecule has 1 N–H and O–H groups in total. The average molecular weight is 354 g/mol. The van der Waals surface area contributed by atoms with Gasteiger partial charge in [-0.15, -0.1) is 0 Å². The first kappa shape index (κ1) is 17.7. The van der Waals surface area contributed by atoms with Gasteiger partial charge in [0.25, 0.3) is 5.91 Å². The highest BCUT2D eigenvalue weighted by molar-refractivity contribution is 6.03. The lowest BCUT2D eigenvalue weighted by molar-refractivity contribution is 0.102. The molecule has 1 aromatic heterocycles. The van der Waals surface area contributed by atoms with E-state index in [-0.39, 0.29) is 17.6 Å². The van der Waals surface area contributed by atoms with Gasteiger partial charge in [0.05, 0.1) is 6.61 Å². The second kappa shape index (κ2) is 8.29. The lowest BCUT2D eigenvalue weighted by Crippen LogP contribution is -2.11. The molecule has 2 aromatic carbocycles. The van der Waals surface area contributed by atoms with Crippen LogP contribution in [-0.2, 0) is 0 Å². The van der Waals surface area contributed by atoms with Gasteiger partial charge in [-0.1, -0.05) is 24.6 Å². The van der Waals surface area contributed by atoms with Crippen LogP contribution in [0.1, 0.15) is 30.1 Å². The molecule has 0 saturated carbocycles. The van der Waals surface area contributed by atoms with Crippen LogP contribution in [0, 0.1) is 5.82 Å². The lowest BCUT2D eigenvalue weighted by Gasteiger charge is -2.07. The van der Waals surface area contributed by atoms with Crippen molar-refractivity contribution in [1.82, 2.24) is 5.16 Å². The fourth-order valence-electron chi connectivity index (χ4n) is 2.34. The summed E-state index contributed by atoms with van der Waals surface area (Å²) in [5.74, 6) is 0.210. The van der Waals surface area contributed by atoms with Gasteiger partial charge in [-0.05, 0) is 48.9 Å². The number of nitrogens with one attached hydrogen (secondary N) is 1. The Kier molecular flexibility index (Phi) is 5.63. The molecule has 0 bridgehead atoms. The van der Waals surface area contributed by atoms with Gasteiger partial charge in [-0.2, -0.15) is 0 Å². The summed E-state index contributed by atoms with van der Waals surface area (Å²) in [4.78, 5) is 12.4. The summed E-state index contributed by atoms with van der Waals surface area (Å²) in [6.45, 7) is 2.70. The number of aromatic nitrogens is 1. The molecular formula is C20H19FN2O3. The molecule has 26 heavy (non-hydrogen) atoms. The van der Waals surface area contributed by atoms with Crippen LogP contribution in [0.3, 0.4) is 0 Å². The summed E-state index contributed by atoms with van der Waals surface area (Å²) in [5.41, 5.74) is 1.66. The maximum Gasteiger partial charge on any atom is 0.258 e. The maximum atomic E-state index is 13.0. The van der Waals surface area contributed by atoms with Crippen LogP contribution < -0.4 is 10.1 Å². The van der Waals surface area contributed by atoms with E-state index < -0.39 is 0 Å². The first-order valence-electron chi connectivity index (χ1n) is 8.42. The lowest BCUT2D eigenvalue weighted by atomic mass is 10.1. The number of nitrogens with zero attached hydrogens (tertiary/aromatic N) is 1. The zero-order chi connectivity index (χ0) is 18.4. The van der Waals surface area contributed by atoms with E-state index in [9.17, 15) is 9.18 Å². The fraction of sp³-hybridized carbons (Fsp3) is 0.200. The Balaban J connectivity index is 1.66. The number of carbonyl (C=O) groups is 1. The highest BCUT2D eigenvalue weighted by Crippen LogP contribution is 2.23. The number of ether oxygens (including phenoxy) is 1. The predicted octanol–water partition coefficient (Wildman–Crippen LogP) is 4.91. The minimum absolute atomic E-state index is 0.214. The number of hydrogen-bond donors (Lipinski definition) is 1. The van der Waals surface area contributed by atoms with Crippen molar-refractivity contribution < 1.29 is 18.4 Å². The SMILES string of the molecule is CCCCOc1cccc(C(=O)Nc2cc(-c3ccc(F)cc3)no2)c1. The third kappa shape index (κ3) is 4.47. The third-order valence-corrected chi connectivity index (χ3v) is 3.75. The quantitative estimate of drug-likeness (QED) is 0.612. The number of benzene rings is 2. The second-order valence-corrected chi connectivity index (χ2v) is 5.77. The molecular weight excluding hydrogens is 335 g/mol. The molecule has 0 spiro atoms. The first-order valence-corrected chi connectivity index (χ1v) is 8.42. The van der Waals surface area contributed by atoms with E-state index in [0.29, 0.717) is 29.2 Å². The number of hydrogen-bond acceptors (Lipinski definition) is 4. The van der Waals surface area contributed by atoms with Gasteiger partial charge in [0.1, 0.15) is 17.3 Å². The molecule has 134 valence electrons. The van der Waals surface area contributed by atoms with Gasteiger partial charge in [0, 0.05) is 17.2 Å². The molecule has 0 fully saturated rings. The Bertz CT molecular complexity index is 875. The highest BCUT2D eigenvalue weighted by Gasteiger charge is 2.12. The molecule has 3 aromatic rings. The summed E-state index contributed by atoms with van der Waals surface area (Å²) in [6, 6.07) is 14.4. The molecule has 0 atom stereocenters. The van der Waals surface area contributed by atoms with Crippen molar-refractivity contribution in [2.24, 2.45) is 0 Å². The van der Waals surface area contributed by atoms with Crippen LogP contribution in [0.15, 0.2) is 59.1 Å². The van der Waals surface area contributed by atoms with Crippen molar-refractivity contribution in [2.75, 3.05) is 11.9 Å². The predicted molar refractivity (Wildman–Crippen MR) is 96.7 cm³/mol. The summed E-state index contributed by atoms with van der Waals surface area (Å²) in [5, 5.41) is 6.55. The minimum Gasteiger partial charge on any atom is -0.494 e. The van der Waals surface area contributed by atoms with Crippen LogP contribution >= 0.6 is 0 Å². The van der Waals surface area contributed by atoms with E-state index >= 15 is 0 Å². The van der Waals surface area contributed by atoms with Crippen LogP contribution in [0.5, 0.6) is 5.75 Å². The Hall–Kier alpha value is -3.15. The monoisotopic (exact) mass is 354 g/mol. The number of unbranched alkanes of at least 4 members (excludes halogenated alkanes) is 1. The second-order valence-electron chi connectivity index (χ2n) is 5.77. The van der Waals surface area contributed by atoms with Crippen molar-refractivity contribution >= 4 is 11.8 Å². The topological polar surface area (TPSA) is 64.4 Å². The Morgan fingerprint density at radius 1 is 1.19 bits per heavy atom. The Morgan fingerprint density at radius 2 is 2.00 bits per heavy atom. The van der Waals surface area contributed by atoms with Crippen molar-refractivity contribution in [1.29, 1.82) is 0 Å². The number of anilines is 1. The van der Waals surface area contributed by atoms with Crippen LogP contribution in [-0.4, -0.2) is 17.7 Å². The molecule has 1 heterocycles. The smallest absolute Gasteiger partial charge is 0.258 e. The molecule has 0 radical (unpaired) electrons. The van der Waals surface area contributed by atoms with Gasteiger partial charge in [0.2, 0.25) is 5.88 Å². The zero-order valence-electron chi connectivity index (χ0n) is 14.4. The van der Waals surface area contributed by atoms with Gasteiger partial charge >= 0.3 is 0 Å². The summed E-state index contributed by atoms with van der Waals surface area (Å²) in [6.07, 6.45) is 2.00. The van der Waals surface area contributed by atoms with Gasteiger partial charge in [0.15, 0.2) is 0 Å². The van der Waals surface area contributed by atoms with Gasteiger partial charge in [-0.25, -0.2) is 4.39 Å². The van der Waals surface area contributed by atoms with E-state index in [1.54, 1.807) is 36.4 Å². The highest BCUT2D eigenvalue weighted by atomic mass is 19.1. The van der Waals surface area contributed by atoms with E-state index in [1.807, 2.05) is 6.07 Å². The minimum atomic E-state index is -0.327. The molecule has 3 rings (SSSR count). The number of amides is 1. The normalized spacial score (nSPS) is 10.5. The van der Waals surface area contributed by atoms with Crippen molar-refractivity contribution in [3.05, 3.63) is 66.0 Å². The molecule has 5 nitrogen and oxygen atoms in total. The standard InChI is InChI=1S/C20H19FN2O3/c1-2-3-11-25-17-6-4-5-15(12-17)20(24)22-19-13-18(23-26-19)14-7-9-16(21)10-8-14/h4-10,12-13H,2-3,11H2,1H3,(H,22,24). The molecule has 0 unspecified atom stereocenters. The van der Waals surface area contributed by atoms with Crippen molar-refractivity contribution in [3.8, 4) is 17.0 Å². The van der Waals surface area contributed by atoms with Crippen molar-refractivity contribution in [2.45, 2.75) is 19.8 Å². The molecule has 0 aliphatic carbocycles. The Labute approximate surface area is 150 Å². The third-order valence-electron chi connectivity index (χ3n) is 3.75. The van der Waals surface area contributed by atoms with Gasteiger partial charge in [-0.3, -0.25) is 10.1 Å². The summed E-state index contributed by atoms with van der Waals surface area (Å²) < 4.78 is 23.7. The van der Waals surface area contributed by atoms with Gasteiger partial charge < -0.3 is 9.26 Å².